The lowest BCUT2D eigenvalue weighted by Crippen LogP contribution is -2.29. The molecule has 1 heterocycles. The number of halogens is 1. The molecular weight excluding hydrogens is 317 g/mol. The highest BCUT2D eigenvalue weighted by molar-refractivity contribution is 5.50. The second-order valence-electron chi connectivity index (χ2n) is 6.97. The number of rotatable bonds is 13. The smallest absolute Gasteiger partial charge is 0.170 e. The summed E-state index contributed by atoms with van der Waals surface area (Å²) in [6.45, 7) is 3.20. The first kappa shape index (κ1) is 19.7. The number of aryl methyl sites for hydroxylation is 1. The third-order valence-electron chi connectivity index (χ3n) is 4.86. The molecule has 0 amide bonds. The summed E-state index contributed by atoms with van der Waals surface area (Å²) >= 11 is 0. The van der Waals surface area contributed by atoms with E-state index in [-0.39, 0.29) is 12.2 Å². The Bertz CT molecular complexity index is 503. The molecule has 0 aliphatic carbocycles. The van der Waals surface area contributed by atoms with Crippen LogP contribution < -0.4 is 4.74 Å². The molecule has 0 aromatic heterocycles. The molecule has 1 aliphatic rings. The summed E-state index contributed by atoms with van der Waals surface area (Å²) in [7, 11) is 0. The Kier molecular flexibility index (Phi) is 8.78. The van der Waals surface area contributed by atoms with Crippen LogP contribution in [-0.2, 0) is 11.2 Å². The average molecular weight is 349 g/mol. The Morgan fingerprint density at radius 1 is 1.08 bits per heavy atom. The second kappa shape index (κ2) is 11.1. The molecule has 0 saturated heterocycles. The van der Waals surface area contributed by atoms with Crippen LogP contribution in [0.25, 0.3) is 0 Å². The van der Waals surface area contributed by atoms with Crippen LogP contribution in [0.3, 0.4) is 0 Å². The predicted molar refractivity (Wildman–Crippen MR) is 101 cm³/mol. The van der Waals surface area contributed by atoms with Gasteiger partial charge in [0.15, 0.2) is 6.40 Å². The van der Waals surface area contributed by atoms with Gasteiger partial charge >= 0.3 is 0 Å². The van der Waals surface area contributed by atoms with Crippen molar-refractivity contribution in [3.63, 3.8) is 0 Å². The number of ether oxygens (including phenoxy) is 2. The van der Waals surface area contributed by atoms with E-state index in [9.17, 15) is 4.39 Å². The zero-order valence-corrected chi connectivity index (χ0v) is 15.5. The third kappa shape index (κ3) is 7.05. The van der Waals surface area contributed by atoms with E-state index < -0.39 is 0 Å². The Labute approximate surface area is 151 Å². The van der Waals surface area contributed by atoms with Crippen LogP contribution in [0.2, 0.25) is 0 Å². The van der Waals surface area contributed by atoms with Crippen molar-refractivity contribution in [3.8, 4) is 5.75 Å². The van der Waals surface area contributed by atoms with E-state index in [0.717, 1.165) is 38.0 Å². The van der Waals surface area contributed by atoms with Gasteiger partial charge in [-0.1, -0.05) is 44.7 Å². The minimum absolute atomic E-state index is 0.338. The lowest BCUT2D eigenvalue weighted by atomic mass is 9.90. The quantitative estimate of drug-likeness (QED) is 0.439. The van der Waals surface area contributed by atoms with E-state index in [1.54, 1.807) is 0 Å². The van der Waals surface area contributed by atoms with Gasteiger partial charge in [-0.3, -0.25) is 4.39 Å². The maximum Gasteiger partial charge on any atom is 0.170 e. The topological polar surface area (TPSA) is 30.8 Å². The van der Waals surface area contributed by atoms with E-state index in [2.05, 4.69) is 36.2 Å². The van der Waals surface area contributed by atoms with Crippen molar-refractivity contribution in [2.75, 3.05) is 19.9 Å². The summed E-state index contributed by atoms with van der Waals surface area (Å²) in [5.41, 5.74) is 0.948. The molecule has 0 N–H and O–H groups in total. The average Bonchev–Trinajstić information content (AvgIpc) is 3.08. The van der Waals surface area contributed by atoms with E-state index in [0.29, 0.717) is 13.0 Å². The molecule has 0 bridgehead atoms. The Morgan fingerprint density at radius 2 is 1.88 bits per heavy atom. The molecule has 1 aliphatic heterocycles. The molecule has 25 heavy (non-hydrogen) atoms. The molecule has 1 unspecified atom stereocenters. The molecule has 0 saturated carbocycles. The summed E-state index contributed by atoms with van der Waals surface area (Å²) in [6, 6.07) is 8.36. The maximum atomic E-state index is 12.7. The molecular formula is C21H32FNO2. The van der Waals surface area contributed by atoms with Gasteiger partial charge in [0.05, 0.1) is 13.3 Å². The SMILES string of the molecule is CCCCCCCOc1ccc(CCCC2(CCF)COC=N2)cc1. The number of aliphatic imine (C=N–C) groups is 1. The maximum absolute atomic E-state index is 12.7. The van der Waals surface area contributed by atoms with Crippen molar-refractivity contribution in [1.29, 1.82) is 0 Å². The first-order chi connectivity index (χ1) is 12.3. The van der Waals surface area contributed by atoms with Crippen LogP contribution in [0.15, 0.2) is 29.3 Å². The lowest BCUT2D eigenvalue weighted by Gasteiger charge is -2.22. The third-order valence-corrected chi connectivity index (χ3v) is 4.86. The monoisotopic (exact) mass is 349 g/mol. The van der Waals surface area contributed by atoms with Crippen molar-refractivity contribution < 1.29 is 13.9 Å². The second-order valence-corrected chi connectivity index (χ2v) is 6.97. The van der Waals surface area contributed by atoms with Gasteiger partial charge in [-0.05, 0) is 43.4 Å². The fourth-order valence-corrected chi connectivity index (χ4v) is 3.22. The number of hydrogen-bond donors (Lipinski definition) is 0. The molecule has 0 radical (unpaired) electrons. The minimum Gasteiger partial charge on any atom is -0.494 e. The van der Waals surface area contributed by atoms with Gasteiger partial charge in [-0.25, -0.2) is 4.99 Å². The molecule has 3 nitrogen and oxygen atoms in total. The van der Waals surface area contributed by atoms with Gasteiger partial charge in [0.2, 0.25) is 0 Å². The molecule has 0 spiro atoms. The molecule has 4 heteroatoms. The summed E-state index contributed by atoms with van der Waals surface area (Å²) < 4.78 is 23.8. The first-order valence-electron chi connectivity index (χ1n) is 9.71. The number of hydrogen-bond acceptors (Lipinski definition) is 3. The number of nitrogens with zero attached hydrogens (tertiary/aromatic N) is 1. The largest absolute Gasteiger partial charge is 0.494 e. The van der Waals surface area contributed by atoms with E-state index >= 15 is 0 Å². The van der Waals surface area contributed by atoms with Gasteiger partial charge < -0.3 is 9.47 Å². The van der Waals surface area contributed by atoms with Gasteiger partial charge in [0, 0.05) is 6.42 Å². The van der Waals surface area contributed by atoms with Crippen molar-refractivity contribution in [3.05, 3.63) is 29.8 Å². The molecule has 140 valence electrons. The molecule has 0 fully saturated rings. The van der Waals surface area contributed by atoms with Crippen LogP contribution in [-0.4, -0.2) is 31.8 Å². The summed E-state index contributed by atoms with van der Waals surface area (Å²) in [4.78, 5) is 4.36. The highest BCUT2D eigenvalue weighted by atomic mass is 19.1. The van der Waals surface area contributed by atoms with Crippen LogP contribution >= 0.6 is 0 Å². The van der Waals surface area contributed by atoms with Crippen LogP contribution in [0, 0.1) is 0 Å². The number of benzene rings is 1. The summed E-state index contributed by atoms with van der Waals surface area (Å²) in [5, 5.41) is 0. The highest BCUT2D eigenvalue weighted by Gasteiger charge is 2.32. The zero-order chi connectivity index (χ0) is 17.8. The Balaban J connectivity index is 1.65. The van der Waals surface area contributed by atoms with Crippen molar-refractivity contribution in [1.82, 2.24) is 0 Å². The van der Waals surface area contributed by atoms with Gasteiger partial charge in [-0.2, -0.15) is 0 Å². The normalized spacial score (nSPS) is 19.1. The van der Waals surface area contributed by atoms with Crippen molar-refractivity contribution in [2.24, 2.45) is 4.99 Å². The van der Waals surface area contributed by atoms with E-state index in [4.69, 9.17) is 9.47 Å². The van der Waals surface area contributed by atoms with Gasteiger partial charge in [0.25, 0.3) is 0 Å². The summed E-state index contributed by atoms with van der Waals surface area (Å²) in [6.07, 6.45) is 11.0. The van der Waals surface area contributed by atoms with Crippen molar-refractivity contribution >= 4 is 6.40 Å². The van der Waals surface area contributed by atoms with Crippen LogP contribution in [0.5, 0.6) is 5.75 Å². The van der Waals surface area contributed by atoms with E-state index in [1.807, 2.05) is 0 Å². The Morgan fingerprint density at radius 3 is 2.56 bits per heavy atom. The lowest BCUT2D eigenvalue weighted by molar-refractivity contribution is 0.221. The molecule has 1 aromatic carbocycles. The van der Waals surface area contributed by atoms with E-state index in [1.165, 1.54) is 37.6 Å². The molecule has 1 aromatic rings. The molecule has 1 atom stereocenters. The number of alkyl halides is 1. The minimum atomic E-state index is -0.342. The fraction of sp³-hybridized carbons (Fsp3) is 0.667. The fourth-order valence-electron chi connectivity index (χ4n) is 3.22. The number of unbranched alkanes of at least 4 members (excludes halogenated alkanes) is 4. The highest BCUT2D eigenvalue weighted by Crippen LogP contribution is 2.27. The Hall–Kier alpha value is -1.58. The van der Waals surface area contributed by atoms with Gasteiger partial charge in [0.1, 0.15) is 17.9 Å². The van der Waals surface area contributed by atoms with Crippen molar-refractivity contribution in [2.45, 2.75) is 70.3 Å². The van der Waals surface area contributed by atoms with Crippen LogP contribution in [0.1, 0.15) is 63.9 Å². The standard InChI is InChI=1S/C21H32FNO2/c1-2-3-4-5-6-16-25-20-11-9-19(10-12-20)8-7-13-21(14-15-22)17-24-18-23-21/h9-12,18H,2-8,13-17H2,1H3. The zero-order valence-electron chi connectivity index (χ0n) is 15.5. The van der Waals surface area contributed by atoms with Gasteiger partial charge in [-0.15, -0.1) is 0 Å². The predicted octanol–water partition coefficient (Wildman–Crippen LogP) is 5.52. The first-order valence-corrected chi connectivity index (χ1v) is 9.71. The molecule has 2 rings (SSSR count). The van der Waals surface area contributed by atoms with Crippen LogP contribution in [0.4, 0.5) is 4.39 Å². The summed E-state index contributed by atoms with van der Waals surface area (Å²) in [5.74, 6) is 0.946.